The maximum Gasteiger partial charge on any atom is 0.416 e. The Morgan fingerprint density at radius 2 is 2.00 bits per heavy atom. The van der Waals surface area contributed by atoms with Crippen LogP contribution >= 0.6 is 11.3 Å². The molecule has 0 unspecified atom stereocenters. The van der Waals surface area contributed by atoms with Gasteiger partial charge >= 0.3 is 6.18 Å². The van der Waals surface area contributed by atoms with Crippen molar-refractivity contribution in [2.24, 2.45) is 0 Å². The number of aromatic nitrogens is 1. The molecular weight excluding hydrogens is 515 g/mol. The zero-order chi connectivity index (χ0) is 25.3. The van der Waals surface area contributed by atoms with Crippen molar-refractivity contribution in [2.45, 2.75) is 30.3 Å². The highest BCUT2D eigenvalue weighted by molar-refractivity contribution is 7.93. The first kappa shape index (κ1) is 24.6. The number of hydrogen-bond acceptors (Lipinski definition) is 7. The predicted octanol–water partition coefficient (Wildman–Crippen LogP) is 5.46. The predicted molar refractivity (Wildman–Crippen MR) is 130 cm³/mol. The van der Waals surface area contributed by atoms with Gasteiger partial charge < -0.3 is 14.8 Å². The smallest absolute Gasteiger partial charge is 0.416 e. The van der Waals surface area contributed by atoms with E-state index in [9.17, 15) is 21.6 Å². The third-order valence-corrected chi connectivity index (χ3v) is 8.03. The van der Waals surface area contributed by atoms with Crippen LogP contribution in [-0.4, -0.2) is 33.1 Å². The lowest BCUT2D eigenvalue weighted by molar-refractivity contribution is -0.137. The highest BCUT2D eigenvalue weighted by Gasteiger charge is 2.32. The van der Waals surface area contributed by atoms with Gasteiger partial charge in [-0.2, -0.15) is 18.2 Å². The molecule has 0 amide bonds. The minimum atomic E-state index is -4.49. The SMILES string of the molecule is O=S(=O)(Nc1nc(Oc2ccc(C(F)(F)F)cc2C2=CCNCC2)cs1)c1ccc2c(c1)OCCC2. The highest BCUT2D eigenvalue weighted by Crippen LogP contribution is 2.39. The maximum absolute atomic E-state index is 13.3. The van der Waals surface area contributed by atoms with Gasteiger partial charge in [-0.3, -0.25) is 4.72 Å². The summed E-state index contributed by atoms with van der Waals surface area (Å²) >= 11 is 1.01. The molecule has 2 aliphatic heterocycles. The molecule has 1 aromatic heterocycles. The number of sulfonamides is 1. The Morgan fingerprint density at radius 3 is 2.78 bits per heavy atom. The molecule has 0 aliphatic carbocycles. The number of anilines is 1. The van der Waals surface area contributed by atoms with Gasteiger partial charge in [-0.05, 0) is 61.2 Å². The molecule has 2 aromatic carbocycles. The van der Waals surface area contributed by atoms with Crippen LogP contribution in [-0.2, 0) is 22.6 Å². The molecule has 0 radical (unpaired) electrons. The summed E-state index contributed by atoms with van der Waals surface area (Å²) in [6, 6.07) is 8.03. The number of nitrogens with one attached hydrogen (secondary N) is 2. The minimum absolute atomic E-state index is 0.0451. The third kappa shape index (κ3) is 5.35. The Bertz CT molecular complexity index is 1420. The van der Waals surface area contributed by atoms with Crippen molar-refractivity contribution < 1.29 is 31.1 Å². The lowest BCUT2D eigenvalue weighted by Crippen LogP contribution is -2.20. The van der Waals surface area contributed by atoms with E-state index in [0.29, 0.717) is 37.4 Å². The fourth-order valence-electron chi connectivity index (χ4n) is 4.04. The van der Waals surface area contributed by atoms with Crippen molar-refractivity contribution in [1.29, 1.82) is 0 Å². The average Bonchev–Trinajstić information content (AvgIpc) is 3.29. The summed E-state index contributed by atoms with van der Waals surface area (Å²) in [5.41, 5.74) is 1.25. The van der Waals surface area contributed by atoms with Crippen LogP contribution in [0.15, 0.2) is 52.7 Å². The van der Waals surface area contributed by atoms with Crippen molar-refractivity contribution in [1.82, 2.24) is 10.3 Å². The summed E-state index contributed by atoms with van der Waals surface area (Å²) in [5, 5.41) is 4.69. The second kappa shape index (κ2) is 9.75. The zero-order valence-electron chi connectivity index (χ0n) is 18.9. The fraction of sp³-hybridized carbons (Fsp3) is 0.292. The molecule has 0 atom stereocenters. The lowest BCUT2D eigenvalue weighted by atomic mass is 9.97. The third-order valence-electron chi connectivity index (χ3n) is 5.83. The number of rotatable bonds is 6. The van der Waals surface area contributed by atoms with Gasteiger partial charge in [0.05, 0.1) is 22.4 Å². The Morgan fingerprint density at radius 1 is 1.14 bits per heavy atom. The van der Waals surface area contributed by atoms with E-state index in [4.69, 9.17) is 9.47 Å². The Balaban J connectivity index is 1.37. The summed E-state index contributed by atoms with van der Waals surface area (Å²) in [6.45, 7) is 1.72. The summed E-state index contributed by atoms with van der Waals surface area (Å²) in [4.78, 5) is 4.23. The molecule has 2 aliphatic rings. The second-order valence-corrected chi connectivity index (χ2v) is 10.9. The molecular formula is C24H22F3N3O4S2. The monoisotopic (exact) mass is 537 g/mol. The van der Waals surface area contributed by atoms with Crippen LogP contribution in [0.25, 0.3) is 5.57 Å². The van der Waals surface area contributed by atoms with E-state index in [-0.39, 0.29) is 21.7 Å². The Hall–Kier alpha value is -3.09. The normalized spacial score (nSPS) is 16.0. The maximum atomic E-state index is 13.3. The number of fused-ring (bicyclic) bond motifs is 1. The van der Waals surface area contributed by atoms with Crippen LogP contribution in [0.2, 0.25) is 0 Å². The van der Waals surface area contributed by atoms with Gasteiger partial charge in [-0.15, -0.1) is 11.3 Å². The summed E-state index contributed by atoms with van der Waals surface area (Å²) < 4.78 is 79.6. The van der Waals surface area contributed by atoms with Crippen LogP contribution in [0.1, 0.15) is 29.5 Å². The van der Waals surface area contributed by atoms with Gasteiger partial charge in [-0.25, -0.2) is 8.42 Å². The number of benzene rings is 2. The number of ether oxygens (including phenoxy) is 2. The van der Waals surface area contributed by atoms with Crippen molar-refractivity contribution in [3.05, 3.63) is 64.5 Å². The van der Waals surface area contributed by atoms with Crippen molar-refractivity contribution in [3.63, 3.8) is 0 Å². The number of nitrogens with zero attached hydrogens (tertiary/aromatic N) is 1. The molecule has 7 nitrogen and oxygen atoms in total. The first-order valence-corrected chi connectivity index (χ1v) is 13.6. The molecule has 3 heterocycles. The molecule has 0 bridgehead atoms. The first-order chi connectivity index (χ1) is 17.2. The zero-order valence-corrected chi connectivity index (χ0v) is 20.5. The molecule has 36 heavy (non-hydrogen) atoms. The molecule has 12 heteroatoms. The van der Waals surface area contributed by atoms with Gasteiger partial charge in [0.25, 0.3) is 10.0 Å². The number of hydrogen-bond donors (Lipinski definition) is 2. The topological polar surface area (TPSA) is 89.6 Å². The first-order valence-electron chi connectivity index (χ1n) is 11.2. The van der Waals surface area contributed by atoms with Crippen molar-refractivity contribution in [3.8, 4) is 17.4 Å². The molecule has 0 saturated carbocycles. The van der Waals surface area contributed by atoms with E-state index >= 15 is 0 Å². The van der Waals surface area contributed by atoms with E-state index in [0.717, 1.165) is 47.4 Å². The van der Waals surface area contributed by atoms with E-state index in [1.807, 2.05) is 6.08 Å². The molecule has 190 valence electrons. The molecule has 0 spiro atoms. The Labute approximate surface area is 210 Å². The number of thiazole rings is 1. The standard InChI is InChI=1S/C24H22F3N3O4S2/c25-24(26,27)17-4-6-20(19(12-17)15-7-9-28-10-8-15)34-22-14-35-23(29-22)30-36(31,32)18-5-3-16-2-1-11-33-21(16)13-18/h3-7,12-14,28H,1-2,8-11H2,(H,29,30). The van der Waals surface area contributed by atoms with Crippen LogP contribution in [0, 0.1) is 0 Å². The van der Waals surface area contributed by atoms with Crippen molar-refractivity contribution in [2.75, 3.05) is 24.4 Å². The summed E-state index contributed by atoms with van der Waals surface area (Å²) in [7, 11) is -3.93. The van der Waals surface area contributed by atoms with E-state index in [1.54, 1.807) is 6.07 Å². The second-order valence-electron chi connectivity index (χ2n) is 8.31. The summed E-state index contributed by atoms with van der Waals surface area (Å²) in [6.07, 6.45) is -0.405. The van der Waals surface area contributed by atoms with Crippen LogP contribution in [0.5, 0.6) is 17.4 Å². The quantitative estimate of drug-likeness (QED) is 0.434. The minimum Gasteiger partial charge on any atom is -0.493 e. The van der Waals surface area contributed by atoms with Crippen LogP contribution in [0.4, 0.5) is 18.3 Å². The Kier molecular flexibility index (Phi) is 6.66. The number of alkyl halides is 3. The average molecular weight is 538 g/mol. The van der Waals surface area contributed by atoms with Gasteiger partial charge in [0.15, 0.2) is 5.13 Å². The van der Waals surface area contributed by atoms with E-state index in [1.165, 1.54) is 23.6 Å². The lowest BCUT2D eigenvalue weighted by Gasteiger charge is -2.19. The fourth-order valence-corrected chi connectivity index (χ4v) is 5.92. The van der Waals surface area contributed by atoms with Gasteiger partial charge in [0.2, 0.25) is 5.88 Å². The molecule has 5 rings (SSSR count). The van der Waals surface area contributed by atoms with Crippen LogP contribution in [0.3, 0.4) is 0 Å². The highest BCUT2D eigenvalue weighted by atomic mass is 32.2. The van der Waals surface area contributed by atoms with Gasteiger partial charge in [0.1, 0.15) is 11.5 Å². The summed E-state index contributed by atoms with van der Waals surface area (Å²) in [5.74, 6) is 0.832. The van der Waals surface area contributed by atoms with Crippen LogP contribution < -0.4 is 19.5 Å². The number of halogens is 3. The van der Waals surface area contributed by atoms with Crippen molar-refractivity contribution >= 4 is 32.1 Å². The largest absolute Gasteiger partial charge is 0.493 e. The molecule has 3 aromatic rings. The van der Waals surface area contributed by atoms with Gasteiger partial charge in [-0.1, -0.05) is 12.1 Å². The molecule has 2 N–H and O–H groups in total. The van der Waals surface area contributed by atoms with E-state index in [2.05, 4.69) is 15.0 Å². The molecule has 0 fully saturated rings. The number of aryl methyl sites for hydroxylation is 1. The van der Waals surface area contributed by atoms with E-state index < -0.39 is 21.8 Å². The molecule has 0 saturated heterocycles. The van der Waals surface area contributed by atoms with Gasteiger partial charge in [0, 0.05) is 18.2 Å².